The average Bonchev–Trinajstić information content (AvgIpc) is 3.41. The summed E-state index contributed by atoms with van der Waals surface area (Å²) >= 11 is 0. The maximum Gasteiger partial charge on any atom is -0.00137 e. The van der Waals surface area contributed by atoms with Crippen LogP contribution < -0.4 is 0 Å². The lowest BCUT2D eigenvalue weighted by Gasteiger charge is -2.07. The van der Waals surface area contributed by atoms with Crippen LogP contribution in [0.4, 0.5) is 0 Å². The third-order valence-corrected chi connectivity index (χ3v) is 4.24. The molecule has 0 fully saturated rings. The van der Waals surface area contributed by atoms with Crippen LogP contribution in [-0.2, 0) is 0 Å². The monoisotopic (exact) mass is 294 g/mol. The van der Waals surface area contributed by atoms with Crippen LogP contribution in [0.5, 0.6) is 0 Å². The zero-order chi connectivity index (χ0) is 15.5. The highest BCUT2D eigenvalue weighted by Crippen LogP contribution is 2.42. The van der Waals surface area contributed by atoms with Gasteiger partial charge in [0, 0.05) is 0 Å². The minimum Gasteiger partial charge on any atom is -0.0622 e. The molecule has 0 saturated heterocycles. The third-order valence-electron chi connectivity index (χ3n) is 4.24. The highest BCUT2D eigenvalue weighted by Gasteiger charge is 2.21. The predicted octanol–water partition coefficient (Wildman–Crippen LogP) is 5.98. The van der Waals surface area contributed by atoms with Crippen molar-refractivity contribution in [1.29, 1.82) is 0 Å². The highest BCUT2D eigenvalue weighted by molar-refractivity contribution is 5.91. The van der Waals surface area contributed by atoms with Crippen molar-refractivity contribution in [2.24, 2.45) is 0 Å². The van der Waals surface area contributed by atoms with E-state index in [0.717, 1.165) is 6.42 Å². The fourth-order valence-corrected chi connectivity index (χ4v) is 2.95. The van der Waals surface area contributed by atoms with Gasteiger partial charge in [0.05, 0.1) is 0 Å². The molecule has 0 unspecified atom stereocenters. The Bertz CT molecular complexity index is 812. The number of benzene rings is 3. The summed E-state index contributed by atoms with van der Waals surface area (Å²) in [5, 5.41) is 0. The van der Waals surface area contributed by atoms with E-state index >= 15 is 0 Å². The van der Waals surface area contributed by atoms with E-state index in [0.29, 0.717) is 0 Å². The van der Waals surface area contributed by atoms with Gasteiger partial charge in [-0.2, -0.15) is 0 Å². The first-order chi connectivity index (χ1) is 11.4. The SMILES string of the molecule is C(=C(c1ccccc1)c1ccccc1)C1=C(c2ccccc2)C1. The molecular weight excluding hydrogens is 276 g/mol. The van der Waals surface area contributed by atoms with Crippen molar-refractivity contribution in [2.45, 2.75) is 6.42 Å². The number of hydrogen-bond acceptors (Lipinski definition) is 0. The van der Waals surface area contributed by atoms with Gasteiger partial charge in [-0.15, -0.1) is 0 Å². The van der Waals surface area contributed by atoms with Crippen LogP contribution in [0, 0.1) is 0 Å². The Morgan fingerprint density at radius 2 is 1.09 bits per heavy atom. The zero-order valence-electron chi connectivity index (χ0n) is 12.9. The van der Waals surface area contributed by atoms with Crippen molar-refractivity contribution in [3.63, 3.8) is 0 Å². The standard InChI is InChI=1S/C23H18/c1-4-10-18(11-5-1)22(19-12-6-2-7-13-19)16-21-17-23(21)20-14-8-3-9-15-20/h1-16H,17H2. The lowest BCUT2D eigenvalue weighted by atomic mass is 9.97. The molecule has 1 aliphatic rings. The summed E-state index contributed by atoms with van der Waals surface area (Å²) in [7, 11) is 0. The van der Waals surface area contributed by atoms with Crippen LogP contribution in [0.3, 0.4) is 0 Å². The molecule has 0 aromatic heterocycles. The van der Waals surface area contributed by atoms with Crippen LogP contribution in [0.2, 0.25) is 0 Å². The number of hydrogen-bond donors (Lipinski definition) is 0. The van der Waals surface area contributed by atoms with E-state index in [1.807, 2.05) is 0 Å². The molecule has 3 aromatic rings. The van der Waals surface area contributed by atoms with Crippen LogP contribution in [0.1, 0.15) is 23.1 Å². The second-order valence-electron chi connectivity index (χ2n) is 5.84. The molecule has 0 nitrogen and oxygen atoms in total. The van der Waals surface area contributed by atoms with Gasteiger partial charge in [-0.3, -0.25) is 0 Å². The van der Waals surface area contributed by atoms with E-state index in [9.17, 15) is 0 Å². The van der Waals surface area contributed by atoms with Crippen LogP contribution in [-0.4, -0.2) is 0 Å². The molecular formula is C23H18. The molecule has 0 saturated carbocycles. The molecule has 0 bridgehead atoms. The maximum absolute atomic E-state index is 2.35. The van der Waals surface area contributed by atoms with E-state index < -0.39 is 0 Å². The van der Waals surface area contributed by atoms with E-state index in [4.69, 9.17) is 0 Å². The first-order valence-corrected chi connectivity index (χ1v) is 8.02. The Balaban J connectivity index is 1.77. The van der Waals surface area contributed by atoms with Gasteiger partial charge in [-0.25, -0.2) is 0 Å². The van der Waals surface area contributed by atoms with Gasteiger partial charge in [0.15, 0.2) is 0 Å². The van der Waals surface area contributed by atoms with E-state index in [-0.39, 0.29) is 0 Å². The number of rotatable bonds is 4. The molecule has 0 spiro atoms. The first-order valence-electron chi connectivity index (χ1n) is 8.02. The smallest absolute Gasteiger partial charge is 0.00137 e. The summed E-state index contributed by atoms with van der Waals surface area (Å²) < 4.78 is 0. The Kier molecular flexibility index (Phi) is 3.65. The maximum atomic E-state index is 2.35. The van der Waals surface area contributed by atoms with Crippen LogP contribution in [0.15, 0.2) is 103 Å². The number of allylic oxidation sites excluding steroid dienone is 3. The second-order valence-corrected chi connectivity index (χ2v) is 5.84. The van der Waals surface area contributed by atoms with E-state index in [1.165, 1.54) is 33.4 Å². The minimum absolute atomic E-state index is 1.09. The van der Waals surface area contributed by atoms with Crippen LogP contribution >= 0.6 is 0 Å². The molecule has 3 aromatic carbocycles. The third kappa shape index (κ3) is 3.02. The summed E-state index contributed by atoms with van der Waals surface area (Å²) in [5.41, 5.74) is 8.09. The van der Waals surface area contributed by atoms with E-state index in [1.54, 1.807) is 0 Å². The normalized spacial score (nSPS) is 12.9. The molecule has 0 N–H and O–H groups in total. The van der Waals surface area contributed by atoms with Crippen molar-refractivity contribution in [1.82, 2.24) is 0 Å². The Morgan fingerprint density at radius 3 is 1.61 bits per heavy atom. The topological polar surface area (TPSA) is 0 Å². The first kappa shape index (κ1) is 13.8. The minimum atomic E-state index is 1.09. The summed E-state index contributed by atoms with van der Waals surface area (Å²) in [6, 6.07) is 32.0. The van der Waals surface area contributed by atoms with Crippen LogP contribution in [0.25, 0.3) is 11.1 Å². The van der Waals surface area contributed by atoms with Crippen molar-refractivity contribution >= 4 is 11.1 Å². The fourth-order valence-electron chi connectivity index (χ4n) is 2.95. The average molecular weight is 294 g/mol. The molecule has 0 heteroatoms. The van der Waals surface area contributed by atoms with Crippen molar-refractivity contribution in [3.05, 3.63) is 119 Å². The lowest BCUT2D eigenvalue weighted by Crippen LogP contribution is -1.87. The Labute approximate surface area is 137 Å². The molecule has 0 heterocycles. The second kappa shape index (κ2) is 6.10. The summed E-state index contributed by atoms with van der Waals surface area (Å²) in [5.74, 6) is 0. The largest absolute Gasteiger partial charge is 0.0622 e. The highest BCUT2D eigenvalue weighted by atomic mass is 14.3. The molecule has 0 radical (unpaired) electrons. The van der Waals surface area contributed by atoms with Crippen molar-refractivity contribution < 1.29 is 0 Å². The molecule has 0 atom stereocenters. The molecule has 23 heavy (non-hydrogen) atoms. The quantitative estimate of drug-likeness (QED) is 0.555. The van der Waals surface area contributed by atoms with Gasteiger partial charge in [0.2, 0.25) is 0 Å². The molecule has 4 rings (SSSR count). The van der Waals surface area contributed by atoms with Gasteiger partial charge in [0.1, 0.15) is 0 Å². The summed E-state index contributed by atoms with van der Waals surface area (Å²) in [6.45, 7) is 0. The zero-order valence-corrected chi connectivity index (χ0v) is 12.9. The van der Waals surface area contributed by atoms with Gasteiger partial charge < -0.3 is 0 Å². The Hall–Kier alpha value is -2.86. The molecule has 1 aliphatic carbocycles. The summed E-state index contributed by atoms with van der Waals surface area (Å²) in [6.07, 6.45) is 3.44. The molecule has 0 amide bonds. The molecule has 110 valence electrons. The van der Waals surface area contributed by atoms with Gasteiger partial charge in [-0.1, -0.05) is 91.0 Å². The summed E-state index contributed by atoms with van der Waals surface area (Å²) in [4.78, 5) is 0. The Morgan fingerprint density at radius 1 is 0.609 bits per heavy atom. The lowest BCUT2D eigenvalue weighted by molar-refractivity contribution is 1.52. The van der Waals surface area contributed by atoms with Gasteiger partial charge in [-0.05, 0) is 45.9 Å². The fraction of sp³-hybridized carbons (Fsp3) is 0.0435. The van der Waals surface area contributed by atoms with Crippen molar-refractivity contribution in [2.75, 3.05) is 0 Å². The van der Waals surface area contributed by atoms with Gasteiger partial charge >= 0.3 is 0 Å². The van der Waals surface area contributed by atoms with E-state index in [2.05, 4.69) is 97.1 Å². The predicted molar refractivity (Wildman–Crippen MR) is 97.9 cm³/mol. The van der Waals surface area contributed by atoms with Crippen molar-refractivity contribution in [3.8, 4) is 0 Å². The van der Waals surface area contributed by atoms with Gasteiger partial charge in [0.25, 0.3) is 0 Å². The molecule has 0 aliphatic heterocycles.